The zero-order valence-electron chi connectivity index (χ0n) is 11.7. The number of hydrogen-bond donors (Lipinski definition) is 1. The Bertz CT molecular complexity index is 500. The Morgan fingerprint density at radius 3 is 2.42 bits per heavy atom. The molecule has 0 bridgehead atoms. The number of rotatable bonds is 7. The lowest BCUT2D eigenvalue weighted by molar-refractivity contribution is 0.281. The highest BCUT2D eigenvalue weighted by molar-refractivity contribution is 7.89. The van der Waals surface area contributed by atoms with Crippen molar-refractivity contribution in [2.75, 3.05) is 34.2 Å². The second kappa shape index (κ2) is 7.00. The van der Waals surface area contributed by atoms with Gasteiger partial charge in [-0.1, -0.05) is 12.1 Å². The Morgan fingerprint density at radius 1 is 1.16 bits per heavy atom. The van der Waals surface area contributed by atoms with Gasteiger partial charge in [0.25, 0.3) is 0 Å². The Hall–Kier alpha value is -0.950. The molecule has 1 aromatic carbocycles. The van der Waals surface area contributed by atoms with Crippen molar-refractivity contribution in [2.45, 2.75) is 17.9 Å². The van der Waals surface area contributed by atoms with Gasteiger partial charge in [0.1, 0.15) is 0 Å². The van der Waals surface area contributed by atoms with Crippen LogP contribution in [0, 0.1) is 0 Å². The summed E-state index contributed by atoms with van der Waals surface area (Å²) >= 11 is 0. The Labute approximate surface area is 115 Å². The third-order valence-electron chi connectivity index (χ3n) is 2.87. The van der Waals surface area contributed by atoms with Crippen LogP contribution in [-0.2, 0) is 16.6 Å². The maximum absolute atomic E-state index is 12.3. The molecule has 6 heteroatoms. The van der Waals surface area contributed by atoms with Crippen molar-refractivity contribution in [3.8, 4) is 0 Å². The van der Waals surface area contributed by atoms with Crippen LogP contribution in [0.2, 0.25) is 0 Å². The van der Waals surface area contributed by atoms with Crippen LogP contribution in [0.4, 0.5) is 0 Å². The van der Waals surface area contributed by atoms with E-state index < -0.39 is 10.0 Å². The number of sulfonamides is 1. The SMILES string of the molecule is CN(C)CCCN(C)S(=O)(=O)c1cccc(CO)c1. The van der Waals surface area contributed by atoms with Crippen molar-refractivity contribution in [3.63, 3.8) is 0 Å². The first-order valence-electron chi connectivity index (χ1n) is 6.19. The van der Waals surface area contributed by atoms with E-state index in [1.807, 2.05) is 19.0 Å². The predicted octanol–water partition coefficient (Wildman–Crippen LogP) is 0.751. The maximum atomic E-state index is 12.3. The third kappa shape index (κ3) is 4.58. The number of nitrogens with zero attached hydrogens (tertiary/aromatic N) is 2. The summed E-state index contributed by atoms with van der Waals surface area (Å²) in [5, 5.41) is 9.05. The first-order chi connectivity index (χ1) is 8.87. The summed E-state index contributed by atoms with van der Waals surface area (Å²) < 4.78 is 26.0. The zero-order valence-corrected chi connectivity index (χ0v) is 12.5. The lowest BCUT2D eigenvalue weighted by atomic mass is 10.2. The molecule has 0 heterocycles. The molecule has 1 rings (SSSR count). The van der Waals surface area contributed by atoms with Gasteiger partial charge in [-0.15, -0.1) is 0 Å². The van der Waals surface area contributed by atoms with Gasteiger partial charge in [0, 0.05) is 13.6 Å². The van der Waals surface area contributed by atoms with Crippen molar-refractivity contribution in [1.29, 1.82) is 0 Å². The molecule has 0 atom stereocenters. The van der Waals surface area contributed by atoms with Gasteiger partial charge < -0.3 is 10.0 Å². The minimum Gasteiger partial charge on any atom is -0.392 e. The number of aliphatic hydroxyl groups excluding tert-OH is 1. The average molecular weight is 286 g/mol. The number of aliphatic hydroxyl groups is 1. The minimum absolute atomic E-state index is 0.159. The van der Waals surface area contributed by atoms with E-state index in [0.717, 1.165) is 13.0 Å². The van der Waals surface area contributed by atoms with Crippen LogP contribution < -0.4 is 0 Å². The monoisotopic (exact) mass is 286 g/mol. The van der Waals surface area contributed by atoms with Gasteiger partial charge in [-0.2, -0.15) is 0 Å². The Morgan fingerprint density at radius 2 is 1.84 bits per heavy atom. The molecule has 5 nitrogen and oxygen atoms in total. The minimum atomic E-state index is -3.47. The maximum Gasteiger partial charge on any atom is 0.242 e. The summed E-state index contributed by atoms with van der Waals surface area (Å²) in [5.74, 6) is 0. The number of benzene rings is 1. The second-order valence-electron chi connectivity index (χ2n) is 4.79. The topological polar surface area (TPSA) is 60.9 Å². The van der Waals surface area contributed by atoms with Crippen LogP contribution >= 0.6 is 0 Å². The molecular weight excluding hydrogens is 264 g/mol. The fourth-order valence-corrected chi connectivity index (χ4v) is 2.99. The van der Waals surface area contributed by atoms with Crippen LogP contribution in [0.5, 0.6) is 0 Å². The first-order valence-corrected chi connectivity index (χ1v) is 7.63. The van der Waals surface area contributed by atoms with E-state index in [9.17, 15) is 8.42 Å². The molecule has 0 saturated carbocycles. The summed E-state index contributed by atoms with van der Waals surface area (Å²) in [6.45, 7) is 1.16. The molecule has 19 heavy (non-hydrogen) atoms. The quantitative estimate of drug-likeness (QED) is 0.803. The normalized spacial score (nSPS) is 12.3. The van der Waals surface area contributed by atoms with Gasteiger partial charge in [0.15, 0.2) is 0 Å². The van der Waals surface area contributed by atoms with Crippen molar-refractivity contribution in [3.05, 3.63) is 29.8 Å². The van der Waals surface area contributed by atoms with E-state index in [1.54, 1.807) is 25.2 Å². The van der Waals surface area contributed by atoms with Crippen LogP contribution in [0.3, 0.4) is 0 Å². The van der Waals surface area contributed by atoms with Gasteiger partial charge >= 0.3 is 0 Å². The van der Waals surface area contributed by atoms with Crippen LogP contribution in [0.25, 0.3) is 0 Å². The van der Waals surface area contributed by atoms with E-state index in [-0.39, 0.29) is 11.5 Å². The van der Waals surface area contributed by atoms with Gasteiger partial charge in [-0.3, -0.25) is 0 Å². The van der Waals surface area contributed by atoms with E-state index in [0.29, 0.717) is 12.1 Å². The molecule has 0 saturated heterocycles. The summed E-state index contributed by atoms with van der Waals surface area (Å²) in [7, 11) is 2.03. The molecule has 0 aromatic heterocycles. The fraction of sp³-hybridized carbons (Fsp3) is 0.538. The Balaban J connectivity index is 2.78. The molecule has 0 aliphatic carbocycles. The van der Waals surface area contributed by atoms with Crippen molar-refractivity contribution in [2.24, 2.45) is 0 Å². The van der Waals surface area contributed by atoms with Crippen LogP contribution in [0.1, 0.15) is 12.0 Å². The van der Waals surface area contributed by atoms with Crippen molar-refractivity contribution >= 4 is 10.0 Å². The Kier molecular flexibility index (Phi) is 5.93. The number of hydrogen-bond acceptors (Lipinski definition) is 4. The highest BCUT2D eigenvalue weighted by Gasteiger charge is 2.20. The van der Waals surface area contributed by atoms with Gasteiger partial charge in [0.2, 0.25) is 10.0 Å². The average Bonchev–Trinajstić information content (AvgIpc) is 2.38. The lowest BCUT2D eigenvalue weighted by Crippen LogP contribution is -2.30. The smallest absolute Gasteiger partial charge is 0.242 e. The summed E-state index contributed by atoms with van der Waals surface area (Å²) in [6.07, 6.45) is 0.780. The molecule has 1 aromatic rings. The van der Waals surface area contributed by atoms with Gasteiger partial charge in [0.05, 0.1) is 11.5 Å². The molecule has 1 N–H and O–H groups in total. The summed E-state index contributed by atoms with van der Waals surface area (Å²) in [6, 6.07) is 6.41. The van der Waals surface area contributed by atoms with E-state index >= 15 is 0 Å². The standard InChI is InChI=1S/C13H22N2O3S/c1-14(2)8-5-9-15(3)19(17,18)13-7-4-6-12(10-13)11-16/h4,6-7,10,16H,5,8-9,11H2,1-3H3. The van der Waals surface area contributed by atoms with Crippen LogP contribution in [-0.4, -0.2) is 57.0 Å². The second-order valence-corrected chi connectivity index (χ2v) is 6.83. The van der Waals surface area contributed by atoms with Crippen molar-refractivity contribution < 1.29 is 13.5 Å². The van der Waals surface area contributed by atoms with Crippen LogP contribution in [0.15, 0.2) is 29.2 Å². The molecule has 0 fully saturated rings. The molecule has 0 radical (unpaired) electrons. The molecule has 0 spiro atoms. The van der Waals surface area contributed by atoms with E-state index in [1.165, 1.54) is 10.4 Å². The first kappa shape index (κ1) is 16.1. The summed E-state index contributed by atoms with van der Waals surface area (Å²) in [4.78, 5) is 2.25. The zero-order chi connectivity index (χ0) is 14.5. The highest BCUT2D eigenvalue weighted by atomic mass is 32.2. The van der Waals surface area contributed by atoms with Gasteiger partial charge in [-0.25, -0.2) is 12.7 Å². The van der Waals surface area contributed by atoms with E-state index in [2.05, 4.69) is 0 Å². The molecule has 0 amide bonds. The van der Waals surface area contributed by atoms with Crippen molar-refractivity contribution in [1.82, 2.24) is 9.21 Å². The van der Waals surface area contributed by atoms with E-state index in [4.69, 9.17) is 5.11 Å². The predicted molar refractivity (Wildman–Crippen MR) is 75.4 cm³/mol. The lowest BCUT2D eigenvalue weighted by Gasteiger charge is -2.18. The molecule has 0 unspecified atom stereocenters. The molecular formula is C13H22N2O3S. The third-order valence-corrected chi connectivity index (χ3v) is 4.72. The largest absolute Gasteiger partial charge is 0.392 e. The molecule has 0 aliphatic rings. The highest BCUT2D eigenvalue weighted by Crippen LogP contribution is 2.16. The van der Waals surface area contributed by atoms with Gasteiger partial charge in [-0.05, 0) is 44.8 Å². The fourth-order valence-electron chi connectivity index (χ4n) is 1.71. The summed E-state index contributed by atoms with van der Waals surface area (Å²) in [5.41, 5.74) is 0.600. The molecule has 0 aliphatic heterocycles. The molecule has 108 valence electrons.